The maximum absolute atomic E-state index is 13.8. The van der Waals surface area contributed by atoms with Gasteiger partial charge in [0.1, 0.15) is 6.23 Å². The second kappa shape index (κ2) is 18.6. The first-order chi connectivity index (χ1) is 21.9. The maximum Gasteiger partial charge on any atom is 0.235 e. The Labute approximate surface area is 281 Å². The third-order valence-electron chi connectivity index (χ3n) is 8.48. The van der Waals surface area contributed by atoms with Gasteiger partial charge in [-0.2, -0.15) is 0 Å². The van der Waals surface area contributed by atoms with E-state index in [0.29, 0.717) is 36.7 Å². The van der Waals surface area contributed by atoms with E-state index in [1.165, 1.54) is 11.8 Å². The van der Waals surface area contributed by atoms with Crippen LogP contribution in [0.2, 0.25) is 0 Å². The van der Waals surface area contributed by atoms with Gasteiger partial charge in [-0.15, -0.1) is 0 Å². The Bertz CT molecular complexity index is 1330. The summed E-state index contributed by atoms with van der Waals surface area (Å²) >= 11 is 1.40. The van der Waals surface area contributed by atoms with E-state index >= 15 is 0 Å². The van der Waals surface area contributed by atoms with E-state index in [9.17, 15) is 14.7 Å². The number of carbonyl (C=O) groups excluding carboxylic acids is 2. The Morgan fingerprint density at radius 1 is 1.20 bits per heavy atom. The molecular formula is C37H55N5O3S. The first-order valence-electron chi connectivity index (χ1n) is 16.4. The van der Waals surface area contributed by atoms with Crippen molar-refractivity contribution in [1.29, 1.82) is 0 Å². The Morgan fingerprint density at radius 2 is 1.87 bits per heavy atom. The Kier molecular flexibility index (Phi) is 15.6. The number of amidine groups is 1. The van der Waals surface area contributed by atoms with E-state index in [2.05, 4.69) is 13.5 Å². The molecule has 0 spiro atoms. The van der Waals surface area contributed by atoms with Crippen molar-refractivity contribution in [2.24, 2.45) is 22.1 Å². The van der Waals surface area contributed by atoms with E-state index in [-0.39, 0.29) is 23.8 Å². The number of carbonyl (C=O) groups is 2. The molecule has 252 valence electrons. The van der Waals surface area contributed by atoms with Gasteiger partial charge in [0, 0.05) is 30.9 Å². The molecule has 0 saturated heterocycles. The molecule has 1 aromatic carbocycles. The lowest BCUT2D eigenvalue weighted by molar-refractivity contribution is -0.130. The number of unbranched alkanes of at least 4 members (excludes halogenated alkanes) is 1. The standard InChI is InChI=1S/C35H49N5O3S.C2H6/c1-7-9-15-29(32(42)39(6)23-21-26(8-2)31(37)41)44-34-38-30-16-10-11-22-35(30,5)33(43)40(34)25(4)14-12-13-24(3)27-17-19-28(36)20-18-27;1-2/h10-14,16-20,22,26,29-30,33,43H,3,7-9,15,21,23,36H2,1-2,4-6H3,(H2,37,41);1-2H3/b13-12-,25-14+;. The van der Waals surface area contributed by atoms with Gasteiger partial charge < -0.3 is 21.5 Å². The lowest BCUT2D eigenvalue weighted by Gasteiger charge is -2.48. The van der Waals surface area contributed by atoms with E-state index in [1.54, 1.807) is 11.9 Å². The van der Waals surface area contributed by atoms with Gasteiger partial charge in [-0.25, -0.2) is 0 Å². The number of hydrogen-bond donors (Lipinski definition) is 3. The molecule has 46 heavy (non-hydrogen) atoms. The van der Waals surface area contributed by atoms with E-state index in [1.807, 2.05) is 106 Å². The molecule has 1 aromatic rings. The van der Waals surface area contributed by atoms with E-state index in [4.69, 9.17) is 16.5 Å². The van der Waals surface area contributed by atoms with Crippen molar-refractivity contribution in [2.75, 3.05) is 19.3 Å². The molecule has 3 rings (SSSR count). The average molecular weight is 650 g/mol. The normalized spacial score (nSPS) is 22.0. The number of benzene rings is 1. The van der Waals surface area contributed by atoms with Gasteiger partial charge in [-0.05, 0) is 62.5 Å². The lowest BCUT2D eigenvalue weighted by Crippen LogP contribution is -2.56. The predicted molar refractivity (Wildman–Crippen MR) is 196 cm³/mol. The maximum atomic E-state index is 13.8. The predicted octanol–water partition coefficient (Wildman–Crippen LogP) is 6.91. The molecule has 5 atom stereocenters. The van der Waals surface area contributed by atoms with Gasteiger partial charge in [0.2, 0.25) is 11.8 Å². The molecule has 5 N–H and O–H groups in total. The number of thioether (sulfide) groups is 1. The fourth-order valence-electron chi connectivity index (χ4n) is 5.33. The summed E-state index contributed by atoms with van der Waals surface area (Å²) < 4.78 is 0. The molecule has 0 bridgehead atoms. The monoisotopic (exact) mass is 649 g/mol. The molecule has 8 nitrogen and oxygen atoms in total. The lowest BCUT2D eigenvalue weighted by atomic mass is 9.76. The van der Waals surface area contributed by atoms with Gasteiger partial charge >= 0.3 is 0 Å². The van der Waals surface area contributed by atoms with Crippen molar-refractivity contribution in [3.8, 4) is 0 Å². The smallest absolute Gasteiger partial charge is 0.235 e. The van der Waals surface area contributed by atoms with Crippen LogP contribution in [0.4, 0.5) is 5.69 Å². The van der Waals surface area contributed by atoms with Gasteiger partial charge in [-0.1, -0.05) is 107 Å². The van der Waals surface area contributed by atoms with E-state index < -0.39 is 16.9 Å². The van der Waals surface area contributed by atoms with Crippen molar-refractivity contribution in [2.45, 2.75) is 91.2 Å². The minimum atomic E-state index is -0.904. The van der Waals surface area contributed by atoms with Gasteiger partial charge in [0.05, 0.1) is 16.7 Å². The number of amides is 2. The number of nitrogens with two attached hydrogens (primary N) is 2. The number of anilines is 1. The fourth-order valence-corrected chi connectivity index (χ4v) is 6.69. The van der Waals surface area contributed by atoms with Crippen molar-refractivity contribution in [3.63, 3.8) is 0 Å². The molecular weight excluding hydrogens is 595 g/mol. The van der Waals surface area contributed by atoms with Crippen LogP contribution in [0.1, 0.15) is 79.2 Å². The summed E-state index contributed by atoms with van der Waals surface area (Å²) in [6, 6.07) is 7.28. The third-order valence-corrected chi connectivity index (χ3v) is 9.71. The van der Waals surface area contributed by atoms with Crippen molar-refractivity contribution in [3.05, 3.63) is 84.6 Å². The topological polar surface area (TPSA) is 125 Å². The molecule has 1 aliphatic carbocycles. The average Bonchev–Trinajstić information content (AvgIpc) is 3.04. The van der Waals surface area contributed by atoms with Gasteiger partial charge in [0.15, 0.2) is 5.17 Å². The van der Waals surface area contributed by atoms with Crippen molar-refractivity contribution < 1.29 is 14.7 Å². The molecule has 9 heteroatoms. The zero-order chi connectivity index (χ0) is 34.4. The minimum Gasteiger partial charge on any atom is -0.399 e. The largest absolute Gasteiger partial charge is 0.399 e. The van der Waals surface area contributed by atoms with Crippen LogP contribution in [-0.2, 0) is 9.59 Å². The van der Waals surface area contributed by atoms with Crippen LogP contribution in [0.15, 0.2) is 84.1 Å². The van der Waals surface area contributed by atoms with Gasteiger partial charge in [0.25, 0.3) is 0 Å². The quantitative estimate of drug-likeness (QED) is 0.149. The first kappa shape index (κ1) is 38.6. The third kappa shape index (κ3) is 9.97. The van der Waals surface area contributed by atoms with Gasteiger partial charge in [-0.3, -0.25) is 19.5 Å². The molecule has 1 aliphatic heterocycles. The molecule has 0 radical (unpaired) electrons. The second-order valence-electron chi connectivity index (χ2n) is 11.8. The van der Waals surface area contributed by atoms with Crippen molar-refractivity contribution >= 4 is 40.0 Å². The summed E-state index contributed by atoms with van der Waals surface area (Å²) in [4.78, 5) is 34.2. The van der Waals surface area contributed by atoms with Crippen LogP contribution in [0.25, 0.3) is 5.57 Å². The van der Waals surface area contributed by atoms with Crippen molar-refractivity contribution in [1.82, 2.24) is 9.80 Å². The highest BCUT2D eigenvalue weighted by Gasteiger charge is 2.47. The summed E-state index contributed by atoms with van der Waals surface area (Å²) in [5, 5.41) is 12.1. The van der Waals surface area contributed by atoms with Crippen LogP contribution >= 0.6 is 11.8 Å². The molecule has 0 fully saturated rings. The summed E-state index contributed by atoms with van der Waals surface area (Å²) in [5.74, 6) is -0.618. The molecule has 2 aliphatic rings. The highest BCUT2D eigenvalue weighted by Crippen LogP contribution is 2.43. The zero-order valence-electron chi connectivity index (χ0n) is 28.8. The summed E-state index contributed by atoms with van der Waals surface area (Å²) in [6.07, 6.45) is 16.4. The zero-order valence-corrected chi connectivity index (χ0v) is 29.6. The number of fused-ring (bicyclic) bond motifs is 1. The summed E-state index contributed by atoms with van der Waals surface area (Å²) in [5.41, 5.74) is 14.0. The SMILES string of the molecule is C=C(/C=C\C=C(/C)N1C(SC(CCCC)C(=O)N(C)CCC(CC)C(N)=O)=NC2C=CC=CC2(C)C1O)c1ccc(N)cc1.CC. The number of rotatable bonds is 14. The second-order valence-corrected chi connectivity index (χ2v) is 13.0. The first-order valence-corrected chi connectivity index (χ1v) is 17.3. The number of primary amides is 1. The summed E-state index contributed by atoms with van der Waals surface area (Å²) in [7, 11) is 1.78. The Balaban J connectivity index is 0.00000361. The summed E-state index contributed by atoms with van der Waals surface area (Å²) in [6.45, 7) is 16.6. The molecule has 0 saturated carbocycles. The van der Waals surface area contributed by atoms with Crippen LogP contribution in [0.3, 0.4) is 0 Å². The van der Waals surface area contributed by atoms with Crippen LogP contribution < -0.4 is 11.5 Å². The number of nitrogens with zero attached hydrogens (tertiary/aromatic N) is 3. The molecule has 0 aromatic heterocycles. The Morgan fingerprint density at radius 3 is 2.48 bits per heavy atom. The highest BCUT2D eigenvalue weighted by atomic mass is 32.2. The number of hydrogen-bond acceptors (Lipinski definition) is 7. The molecule has 1 heterocycles. The fraction of sp³-hybridized carbons (Fsp3) is 0.486. The number of aliphatic imine (C=N–C) groups is 1. The molecule has 2 amide bonds. The number of nitrogen functional groups attached to an aromatic ring is 1. The number of allylic oxidation sites excluding steroid dienone is 7. The van der Waals surface area contributed by atoms with Crippen LogP contribution in [0.5, 0.6) is 0 Å². The van der Waals surface area contributed by atoms with Crippen LogP contribution in [0, 0.1) is 11.3 Å². The van der Waals surface area contributed by atoms with E-state index in [0.717, 1.165) is 29.7 Å². The highest BCUT2D eigenvalue weighted by molar-refractivity contribution is 8.14. The minimum absolute atomic E-state index is 0.0198. The Hall–Kier alpha value is -3.56. The van der Waals surface area contributed by atoms with Crippen LogP contribution in [-0.4, -0.2) is 63.0 Å². The number of aliphatic hydroxyl groups is 1. The molecule has 5 unspecified atom stereocenters. The number of aliphatic hydroxyl groups excluding tert-OH is 1.